The zero-order valence-corrected chi connectivity index (χ0v) is 10.9. The summed E-state index contributed by atoms with van der Waals surface area (Å²) in [6.07, 6.45) is 6.90. The standard InChI is InChI=1S/C10H14BrN3S/c11-9-12-13-10(15-9)14-6-2-4-7-3-1-5-8(7)14/h7-8H,1-6H2. The average Bonchev–Trinajstić information content (AvgIpc) is 2.84. The molecule has 2 heterocycles. The molecule has 1 saturated carbocycles. The molecule has 15 heavy (non-hydrogen) atoms. The van der Waals surface area contributed by atoms with Crippen LogP contribution in [0.25, 0.3) is 0 Å². The second kappa shape index (κ2) is 4.01. The molecule has 1 aliphatic carbocycles. The van der Waals surface area contributed by atoms with Crippen molar-refractivity contribution in [1.82, 2.24) is 10.2 Å². The second-order valence-electron chi connectivity index (χ2n) is 4.43. The highest BCUT2D eigenvalue weighted by Gasteiger charge is 2.36. The lowest BCUT2D eigenvalue weighted by molar-refractivity contribution is 0.362. The van der Waals surface area contributed by atoms with E-state index in [2.05, 4.69) is 31.0 Å². The monoisotopic (exact) mass is 287 g/mol. The molecule has 1 aromatic rings. The maximum absolute atomic E-state index is 4.25. The summed E-state index contributed by atoms with van der Waals surface area (Å²) in [5.74, 6) is 0.918. The molecular formula is C10H14BrN3S. The minimum Gasteiger partial charge on any atom is -0.343 e. The van der Waals surface area contributed by atoms with Crippen molar-refractivity contribution in [2.45, 2.75) is 38.1 Å². The molecule has 0 aromatic carbocycles. The Balaban J connectivity index is 1.85. The van der Waals surface area contributed by atoms with Gasteiger partial charge in [0.05, 0.1) is 0 Å². The topological polar surface area (TPSA) is 29.0 Å². The lowest BCUT2D eigenvalue weighted by Crippen LogP contribution is -2.42. The lowest BCUT2D eigenvalue weighted by atomic mass is 9.92. The first-order valence-electron chi connectivity index (χ1n) is 5.60. The molecule has 2 atom stereocenters. The zero-order valence-electron chi connectivity index (χ0n) is 8.53. The first-order valence-corrected chi connectivity index (χ1v) is 7.21. The third-order valence-corrected chi connectivity index (χ3v) is 5.02. The number of rotatable bonds is 1. The van der Waals surface area contributed by atoms with Crippen molar-refractivity contribution in [2.24, 2.45) is 5.92 Å². The smallest absolute Gasteiger partial charge is 0.209 e. The van der Waals surface area contributed by atoms with Crippen LogP contribution in [0.3, 0.4) is 0 Å². The molecule has 0 N–H and O–H groups in total. The first-order chi connectivity index (χ1) is 7.34. The van der Waals surface area contributed by atoms with Crippen LogP contribution in [0.4, 0.5) is 5.13 Å². The highest BCUT2D eigenvalue weighted by Crippen LogP contribution is 2.40. The Morgan fingerprint density at radius 2 is 2.07 bits per heavy atom. The van der Waals surface area contributed by atoms with Crippen molar-refractivity contribution in [3.63, 3.8) is 0 Å². The Labute approximate surface area is 102 Å². The van der Waals surface area contributed by atoms with E-state index in [0.717, 1.165) is 21.0 Å². The maximum Gasteiger partial charge on any atom is 0.209 e. The second-order valence-corrected chi connectivity index (χ2v) is 6.66. The predicted octanol–water partition coefficient (Wildman–Crippen LogP) is 3.07. The van der Waals surface area contributed by atoms with Crippen molar-refractivity contribution in [1.29, 1.82) is 0 Å². The van der Waals surface area contributed by atoms with Gasteiger partial charge in [-0.2, -0.15) is 0 Å². The van der Waals surface area contributed by atoms with Crippen LogP contribution in [-0.2, 0) is 0 Å². The van der Waals surface area contributed by atoms with E-state index in [9.17, 15) is 0 Å². The molecule has 1 aliphatic heterocycles. The quantitative estimate of drug-likeness (QED) is 0.795. The fraction of sp³-hybridized carbons (Fsp3) is 0.800. The Bertz CT molecular complexity index is 354. The van der Waals surface area contributed by atoms with Crippen molar-refractivity contribution in [3.05, 3.63) is 3.92 Å². The van der Waals surface area contributed by atoms with Gasteiger partial charge >= 0.3 is 0 Å². The molecular weight excluding hydrogens is 274 g/mol. The zero-order chi connectivity index (χ0) is 10.3. The summed E-state index contributed by atoms with van der Waals surface area (Å²) < 4.78 is 0.901. The summed E-state index contributed by atoms with van der Waals surface area (Å²) in [6, 6.07) is 0.749. The van der Waals surface area contributed by atoms with E-state index >= 15 is 0 Å². The van der Waals surface area contributed by atoms with E-state index in [1.54, 1.807) is 11.3 Å². The lowest BCUT2D eigenvalue weighted by Gasteiger charge is -2.37. The van der Waals surface area contributed by atoms with Gasteiger partial charge in [0.25, 0.3) is 0 Å². The van der Waals surface area contributed by atoms with Crippen LogP contribution < -0.4 is 4.90 Å². The number of piperidine rings is 1. The molecule has 5 heteroatoms. The van der Waals surface area contributed by atoms with Crippen molar-refractivity contribution < 1.29 is 0 Å². The summed E-state index contributed by atoms with van der Waals surface area (Å²) in [4.78, 5) is 2.49. The van der Waals surface area contributed by atoms with E-state index in [0.29, 0.717) is 0 Å². The molecule has 2 unspecified atom stereocenters. The predicted molar refractivity (Wildman–Crippen MR) is 65.3 cm³/mol. The fourth-order valence-electron chi connectivity index (χ4n) is 3.01. The van der Waals surface area contributed by atoms with Crippen molar-refractivity contribution in [3.8, 4) is 0 Å². The van der Waals surface area contributed by atoms with Crippen molar-refractivity contribution >= 4 is 32.4 Å². The number of aromatic nitrogens is 2. The highest BCUT2D eigenvalue weighted by atomic mass is 79.9. The molecule has 3 rings (SSSR count). The summed E-state index contributed by atoms with van der Waals surface area (Å²) >= 11 is 5.05. The Kier molecular flexibility index (Phi) is 2.68. The van der Waals surface area contributed by atoms with Crippen LogP contribution >= 0.6 is 27.3 Å². The van der Waals surface area contributed by atoms with Gasteiger partial charge in [-0.15, -0.1) is 10.2 Å². The number of hydrogen-bond donors (Lipinski definition) is 0. The molecule has 3 nitrogen and oxygen atoms in total. The van der Waals surface area contributed by atoms with E-state index < -0.39 is 0 Å². The Hall–Kier alpha value is -0.160. The summed E-state index contributed by atoms with van der Waals surface area (Å²) in [7, 11) is 0. The highest BCUT2D eigenvalue weighted by molar-refractivity contribution is 9.11. The van der Waals surface area contributed by atoms with Crippen LogP contribution in [0.15, 0.2) is 3.92 Å². The van der Waals surface area contributed by atoms with Gasteiger partial charge in [0.1, 0.15) is 0 Å². The third-order valence-electron chi connectivity index (χ3n) is 3.63. The fourth-order valence-corrected chi connectivity index (χ4v) is 4.18. The average molecular weight is 288 g/mol. The number of fused-ring (bicyclic) bond motifs is 1. The molecule has 0 spiro atoms. The Morgan fingerprint density at radius 3 is 2.87 bits per heavy atom. The van der Waals surface area contributed by atoms with E-state index in [4.69, 9.17) is 0 Å². The largest absolute Gasteiger partial charge is 0.343 e. The van der Waals surface area contributed by atoms with Gasteiger partial charge in [-0.1, -0.05) is 17.8 Å². The van der Waals surface area contributed by atoms with Crippen LogP contribution in [0.2, 0.25) is 0 Å². The van der Waals surface area contributed by atoms with E-state index in [-0.39, 0.29) is 0 Å². The number of hydrogen-bond acceptors (Lipinski definition) is 4. The minimum absolute atomic E-state index is 0.749. The van der Waals surface area contributed by atoms with Crippen LogP contribution in [0, 0.1) is 5.92 Å². The van der Waals surface area contributed by atoms with Gasteiger partial charge in [-0.05, 0) is 47.5 Å². The van der Waals surface area contributed by atoms with Gasteiger partial charge < -0.3 is 4.90 Å². The van der Waals surface area contributed by atoms with E-state index in [1.165, 1.54) is 38.6 Å². The molecule has 0 radical (unpaired) electrons. The SMILES string of the molecule is Brc1nnc(N2CCCC3CCCC32)s1. The molecule has 2 aliphatic rings. The van der Waals surface area contributed by atoms with Crippen LogP contribution in [0.5, 0.6) is 0 Å². The van der Waals surface area contributed by atoms with Gasteiger partial charge in [0.2, 0.25) is 5.13 Å². The molecule has 0 bridgehead atoms. The van der Waals surface area contributed by atoms with Gasteiger partial charge in [-0.3, -0.25) is 0 Å². The molecule has 82 valence electrons. The first kappa shape index (κ1) is 10.0. The molecule has 0 amide bonds. The summed E-state index contributed by atoms with van der Waals surface area (Å²) in [5, 5.41) is 9.41. The minimum atomic E-state index is 0.749. The van der Waals surface area contributed by atoms with Crippen LogP contribution in [0.1, 0.15) is 32.1 Å². The third kappa shape index (κ3) is 1.80. The number of nitrogens with zero attached hydrogens (tertiary/aromatic N) is 3. The molecule has 2 fully saturated rings. The van der Waals surface area contributed by atoms with Gasteiger partial charge in [0, 0.05) is 12.6 Å². The maximum atomic E-state index is 4.25. The summed E-state index contributed by atoms with van der Waals surface area (Å²) in [5.41, 5.74) is 0. The van der Waals surface area contributed by atoms with Crippen molar-refractivity contribution in [2.75, 3.05) is 11.4 Å². The van der Waals surface area contributed by atoms with Gasteiger partial charge in [-0.25, -0.2) is 0 Å². The molecule has 1 aromatic heterocycles. The van der Waals surface area contributed by atoms with Crippen LogP contribution in [-0.4, -0.2) is 22.8 Å². The number of halogens is 1. The summed E-state index contributed by atoms with van der Waals surface area (Å²) in [6.45, 7) is 1.17. The van der Waals surface area contributed by atoms with E-state index in [1.807, 2.05) is 0 Å². The Morgan fingerprint density at radius 1 is 1.20 bits per heavy atom. The normalized spacial score (nSPS) is 30.6. The molecule has 1 saturated heterocycles. The number of anilines is 1. The van der Waals surface area contributed by atoms with Gasteiger partial charge in [0.15, 0.2) is 3.92 Å².